The second-order valence-electron chi connectivity index (χ2n) is 1.99. The fourth-order valence-electron chi connectivity index (χ4n) is 0.776. The van der Waals surface area contributed by atoms with Gasteiger partial charge in [0.25, 0.3) is 0 Å². The molecule has 0 saturated heterocycles. The Hall–Kier alpha value is -1.16. The number of allylic oxidation sites excluding steroid dienone is 2. The Morgan fingerprint density at radius 3 is 3.09 bits per heavy atom. The van der Waals surface area contributed by atoms with Crippen LogP contribution in [-0.4, -0.2) is 9.59 Å². The Morgan fingerprint density at radius 1 is 1.45 bits per heavy atom. The van der Waals surface area contributed by atoms with Gasteiger partial charge in [-0.2, -0.15) is 0 Å². The summed E-state index contributed by atoms with van der Waals surface area (Å²) in [4.78, 5) is 0. The van der Waals surface area contributed by atoms with Gasteiger partial charge in [0.1, 0.15) is 5.69 Å². The molecule has 0 spiro atoms. The second-order valence-corrected chi connectivity index (χ2v) is 2.60. The van der Waals surface area contributed by atoms with Crippen LogP contribution in [0.4, 0.5) is 0 Å². The molecule has 4 heteroatoms. The lowest BCUT2D eigenvalue weighted by Crippen LogP contribution is -1.90. The molecule has 2 rings (SSSR count). The molecule has 0 atom stereocenters. The lowest BCUT2D eigenvalue weighted by atomic mass is 10.2. The van der Waals surface area contributed by atoms with Gasteiger partial charge in [0, 0.05) is 11.0 Å². The first-order chi connectivity index (χ1) is 5.47. The van der Waals surface area contributed by atoms with Crippen molar-refractivity contribution in [2.75, 3.05) is 0 Å². The van der Waals surface area contributed by atoms with E-state index in [1.54, 1.807) is 12.9 Å². The monoisotopic (exact) mass is 165 g/mol. The van der Waals surface area contributed by atoms with Crippen LogP contribution in [0.2, 0.25) is 0 Å². The molecule has 1 aliphatic heterocycles. The van der Waals surface area contributed by atoms with E-state index in [0.717, 1.165) is 11.3 Å². The zero-order valence-corrected chi connectivity index (χ0v) is 6.41. The van der Waals surface area contributed by atoms with Crippen LogP contribution in [-0.2, 0) is 4.74 Å². The average Bonchev–Trinajstić information content (AvgIpc) is 2.58. The van der Waals surface area contributed by atoms with Crippen LogP contribution in [0.25, 0.3) is 5.57 Å². The highest BCUT2D eigenvalue weighted by molar-refractivity contribution is 7.03. The maximum atomic E-state index is 4.97. The van der Waals surface area contributed by atoms with Gasteiger partial charge in [-0.1, -0.05) is 4.49 Å². The van der Waals surface area contributed by atoms with E-state index in [4.69, 9.17) is 4.74 Å². The van der Waals surface area contributed by atoms with Crippen molar-refractivity contribution in [1.29, 1.82) is 0 Å². The van der Waals surface area contributed by atoms with Gasteiger partial charge in [0.15, 0.2) is 6.61 Å². The van der Waals surface area contributed by atoms with Gasteiger partial charge in [0.05, 0.1) is 6.26 Å². The van der Waals surface area contributed by atoms with Crippen LogP contribution >= 0.6 is 11.5 Å². The average molecular weight is 165 g/mol. The molecule has 3 nitrogen and oxygen atoms in total. The van der Waals surface area contributed by atoms with Crippen LogP contribution in [0.1, 0.15) is 5.69 Å². The summed E-state index contributed by atoms with van der Waals surface area (Å²) in [5, 5.41) is 5.77. The molecule has 0 bridgehead atoms. The molecular formula is C7H5N2OS. The first kappa shape index (κ1) is 6.54. The van der Waals surface area contributed by atoms with Gasteiger partial charge in [-0.25, -0.2) is 0 Å². The molecule has 1 aromatic rings. The number of hydrogen-bond donors (Lipinski definition) is 0. The number of rotatable bonds is 1. The molecule has 0 N–H and O–H groups in total. The molecule has 0 aliphatic carbocycles. The summed E-state index contributed by atoms with van der Waals surface area (Å²) in [6.07, 6.45) is 5.37. The Kier molecular flexibility index (Phi) is 1.69. The van der Waals surface area contributed by atoms with E-state index in [2.05, 4.69) is 9.59 Å². The molecule has 55 valence electrons. The first-order valence-corrected chi connectivity index (χ1v) is 3.93. The fraction of sp³-hybridized carbons (Fsp3) is 0. The van der Waals surface area contributed by atoms with Crippen LogP contribution in [0.3, 0.4) is 0 Å². The van der Waals surface area contributed by atoms with E-state index in [-0.39, 0.29) is 0 Å². The molecule has 2 heterocycles. The van der Waals surface area contributed by atoms with Gasteiger partial charge in [-0.15, -0.1) is 5.10 Å². The summed E-state index contributed by atoms with van der Waals surface area (Å²) >= 11 is 1.33. The molecule has 1 radical (unpaired) electrons. The molecule has 11 heavy (non-hydrogen) atoms. The normalized spacial score (nSPS) is 15.8. The summed E-state index contributed by atoms with van der Waals surface area (Å²) in [7, 11) is 0. The molecule has 1 aromatic heterocycles. The van der Waals surface area contributed by atoms with Crippen molar-refractivity contribution in [3.05, 3.63) is 36.1 Å². The maximum Gasteiger partial charge on any atom is 0.166 e. The molecule has 0 saturated carbocycles. The smallest absolute Gasteiger partial charge is 0.166 e. The van der Waals surface area contributed by atoms with Gasteiger partial charge < -0.3 is 4.74 Å². The quantitative estimate of drug-likeness (QED) is 0.634. The largest absolute Gasteiger partial charge is 0.489 e. The maximum absolute atomic E-state index is 4.97. The van der Waals surface area contributed by atoms with Crippen molar-refractivity contribution in [3.63, 3.8) is 0 Å². The number of ether oxygens (including phenoxy) is 1. The topological polar surface area (TPSA) is 35.0 Å². The standard InChI is InChI=1S/C7H5N2OS/c1-2-6(4-10-3-1)7-5-11-9-8-7/h1-5H. The lowest BCUT2D eigenvalue weighted by molar-refractivity contribution is 0.359. The molecule has 0 aromatic carbocycles. The van der Waals surface area contributed by atoms with Crippen molar-refractivity contribution in [2.45, 2.75) is 0 Å². The van der Waals surface area contributed by atoms with Crippen molar-refractivity contribution >= 4 is 17.1 Å². The molecule has 0 fully saturated rings. The van der Waals surface area contributed by atoms with E-state index in [0.29, 0.717) is 0 Å². The Balaban J connectivity index is 2.29. The van der Waals surface area contributed by atoms with E-state index in [9.17, 15) is 0 Å². The van der Waals surface area contributed by atoms with Gasteiger partial charge in [-0.05, 0) is 23.7 Å². The highest BCUT2D eigenvalue weighted by atomic mass is 32.1. The third-order valence-corrected chi connectivity index (χ3v) is 1.79. The van der Waals surface area contributed by atoms with E-state index in [1.807, 2.05) is 17.5 Å². The molecule has 0 amide bonds. The predicted octanol–water partition coefficient (Wildman–Crippen LogP) is 1.63. The highest BCUT2D eigenvalue weighted by Crippen LogP contribution is 2.19. The van der Waals surface area contributed by atoms with E-state index in [1.165, 1.54) is 11.5 Å². The van der Waals surface area contributed by atoms with Gasteiger partial charge in [0.2, 0.25) is 0 Å². The number of hydrogen-bond acceptors (Lipinski definition) is 4. The zero-order chi connectivity index (χ0) is 7.52. The van der Waals surface area contributed by atoms with Crippen LogP contribution < -0.4 is 0 Å². The molecular weight excluding hydrogens is 160 g/mol. The third-order valence-electron chi connectivity index (χ3n) is 1.28. The number of nitrogens with zero attached hydrogens (tertiary/aromatic N) is 2. The van der Waals surface area contributed by atoms with E-state index >= 15 is 0 Å². The van der Waals surface area contributed by atoms with E-state index < -0.39 is 0 Å². The molecule has 0 unspecified atom stereocenters. The Labute approximate surface area is 68.2 Å². The van der Waals surface area contributed by atoms with Gasteiger partial charge >= 0.3 is 0 Å². The minimum atomic E-state index is 0.861. The minimum absolute atomic E-state index is 0.861. The van der Waals surface area contributed by atoms with Crippen LogP contribution in [0, 0.1) is 6.61 Å². The Bertz CT molecular complexity index is 289. The first-order valence-electron chi connectivity index (χ1n) is 3.10. The van der Waals surface area contributed by atoms with Crippen LogP contribution in [0.15, 0.2) is 23.8 Å². The fourth-order valence-corrected chi connectivity index (χ4v) is 1.24. The van der Waals surface area contributed by atoms with Crippen molar-refractivity contribution in [1.82, 2.24) is 9.59 Å². The molecule has 1 aliphatic rings. The second kappa shape index (κ2) is 2.84. The lowest BCUT2D eigenvalue weighted by Gasteiger charge is -2.04. The zero-order valence-electron chi connectivity index (χ0n) is 5.60. The van der Waals surface area contributed by atoms with Crippen molar-refractivity contribution in [2.24, 2.45) is 0 Å². The minimum Gasteiger partial charge on any atom is -0.489 e. The summed E-state index contributed by atoms with van der Waals surface area (Å²) in [6.45, 7) is 1.65. The van der Waals surface area contributed by atoms with Gasteiger partial charge in [-0.3, -0.25) is 0 Å². The van der Waals surface area contributed by atoms with Crippen molar-refractivity contribution < 1.29 is 4.74 Å². The third kappa shape index (κ3) is 1.30. The summed E-state index contributed by atoms with van der Waals surface area (Å²) in [6, 6.07) is 0. The Morgan fingerprint density at radius 2 is 2.45 bits per heavy atom. The summed E-state index contributed by atoms with van der Waals surface area (Å²) in [5.74, 6) is 0. The highest BCUT2D eigenvalue weighted by Gasteiger charge is 2.06. The number of aromatic nitrogens is 2. The van der Waals surface area contributed by atoms with Crippen LogP contribution in [0.5, 0.6) is 0 Å². The summed E-state index contributed by atoms with van der Waals surface area (Å²) < 4.78 is 8.72. The SMILES string of the molecule is [CH]1OC=CC=C1c1csnn1. The predicted molar refractivity (Wildman–Crippen MR) is 42.4 cm³/mol. The van der Waals surface area contributed by atoms with Crippen molar-refractivity contribution in [3.8, 4) is 0 Å². The summed E-state index contributed by atoms with van der Waals surface area (Å²) in [5.41, 5.74) is 1.82.